The van der Waals surface area contributed by atoms with E-state index in [1.165, 1.54) is 0 Å². The van der Waals surface area contributed by atoms with Crippen LogP contribution in [0, 0.1) is 0 Å². The molecule has 76 valence electrons. The number of hydrogen-bond donors (Lipinski definition) is 1. The summed E-state index contributed by atoms with van der Waals surface area (Å²) in [5, 5.41) is 11.2. The first kappa shape index (κ1) is 9.86. The molecule has 0 spiro atoms. The molecule has 2 heterocycles. The zero-order valence-corrected chi connectivity index (χ0v) is 8.65. The van der Waals surface area contributed by atoms with Crippen molar-refractivity contribution in [3.8, 4) is 0 Å². The van der Waals surface area contributed by atoms with Crippen molar-refractivity contribution in [2.45, 2.75) is 6.54 Å². The highest BCUT2D eigenvalue weighted by atomic mass is 35.5. The molecule has 0 aromatic carbocycles. The molecule has 0 aliphatic rings. The Balaban J connectivity index is 1.99. The Bertz CT molecular complexity index is 432. The summed E-state index contributed by atoms with van der Waals surface area (Å²) in [5.74, 6) is 0.722. The zero-order valence-electron chi connectivity index (χ0n) is 7.89. The lowest BCUT2D eigenvalue weighted by atomic mass is 10.3. The van der Waals surface area contributed by atoms with Crippen LogP contribution in [-0.4, -0.2) is 15.2 Å². The van der Waals surface area contributed by atoms with Crippen molar-refractivity contribution < 1.29 is 0 Å². The van der Waals surface area contributed by atoms with Gasteiger partial charge in [-0.2, -0.15) is 5.10 Å². The molecule has 2 rings (SSSR count). The maximum absolute atomic E-state index is 5.76. The molecule has 2 aromatic rings. The fourth-order valence-electron chi connectivity index (χ4n) is 1.13. The molecule has 0 bridgehead atoms. The van der Waals surface area contributed by atoms with Crippen molar-refractivity contribution in [1.82, 2.24) is 15.2 Å². The third-order valence-corrected chi connectivity index (χ3v) is 2.01. The van der Waals surface area contributed by atoms with Crippen LogP contribution in [0.15, 0.2) is 36.5 Å². The van der Waals surface area contributed by atoms with Crippen LogP contribution in [0.5, 0.6) is 0 Å². The zero-order chi connectivity index (χ0) is 10.5. The van der Waals surface area contributed by atoms with Gasteiger partial charge >= 0.3 is 0 Å². The number of hydrogen-bond acceptors (Lipinski definition) is 4. The Morgan fingerprint density at radius 1 is 1.20 bits per heavy atom. The van der Waals surface area contributed by atoms with Gasteiger partial charge in [-0.25, -0.2) is 4.98 Å². The molecule has 15 heavy (non-hydrogen) atoms. The molecule has 0 aliphatic carbocycles. The number of pyridine rings is 1. The maximum Gasteiger partial charge on any atom is 0.148 e. The lowest BCUT2D eigenvalue weighted by molar-refractivity contribution is 0.977. The first-order valence-corrected chi connectivity index (χ1v) is 4.85. The molecule has 0 radical (unpaired) electrons. The highest BCUT2D eigenvalue weighted by molar-refractivity contribution is 6.29. The smallest absolute Gasteiger partial charge is 0.148 e. The van der Waals surface area contributed by atoms with E-state index in [4.69, 9.17) is 11.6 Å². The Morgan fingerprint density at radius 2 is 2.13 bits per heavy atom. The van der Waals surface area contributed by atoms with Gasteiger partial charge in [0, 0.05) is 6.20 Å². The number of rotatable bonds is 3. The van der Waals surface area contributed by atoms with Gasteiger partial charge in [-0.05, 0) is 24.3 Å². The SMILES string of the molecule is Clc1cccc(CNc2cccnn2)n1. The van der Waals surface area contributed by atoms with E-state index in [0.29, 0.717) is 11.7 Å². The third kappa shape index (κ3) is 2.89. The lowest BCUT2D eigenvalue weighted by Gasteiger charge is -2.03. The summed E-state index contributed by atoms with van der Waals surface area (Å²) in [5.41, 5.74) is 0.869. The number of nitrogens with one attached hydrogen (secondary N) is 1. The predicted molar refractivity (Wildman–Crippen MR) is 58.6 cm³/mol. The normalized spacial score (nSPS) is 9.93. The van der Waals surface area contributed by atoms with E-state index in [1.807, 2.05) is 24.3 Å². The van der Waals surface area contributed by atoms with Crippen LogP contribution in [-0.2, 0) is 6.54 Å². The van der Waals surface area contributed by atoms with Gasteiger partial charge < -0.3 is 5.32 Å². The Morgan fingerprint density at radius 3 is 2.87 bits per heavy atom. The van der Waals surface area contributed by atoms with E-state index in [-0.39, 0.29) is 0 Å². The van der Waals surface area contributed by atoms with Gasteiger partial charge in [0.15, 0.2) is 0 Å². The van der Waals surface area contributed by atoms with Gasteiger partial charge in [-0.1, -0.05) is 17.7 Å². The van der Waals surface area contributed by atoms with Crippen LogP contribution >= 0.6 is 11.6 Å². The molecule has 0 saturated heterocycles. The molecular formula is C10H9ClN4. The summed E-state index contributed by atoms with van der Waals surface area (Å²) in [6.45, 7) is 0.583. The molecule has 1 N–H and O–H groups in total. The Labute approximate surface area is 92.3 Å². The molecule has 0 unspecified atom stereocenters. The maximum atomic E-state index is 5.76. The number of halogens is 1. The molecule has 4 nitrogen and oxygen atoms in total. The minimum Gasteiger partial charge on any atom is -0.363 e. The minimum atomic E-state index is 0.494. The second-order valence-electron chi connectivity index (χ2n) is 2.91. The molecule has 2 aromatic heterocycles. The van der Waals surface area contributed by atoms with Crippen LogP contribution in [0.4, 0.5) is 5.82 Å². The van der Waals surface area contributed by atoms with E-state index in [9.17, 15) is 0 Å². The highest BCUT2D eigenvalue weighted by Crippen LogP contribution is 2.06. The van der Waals surface area contributed by atoms with E-state index < -0.39 is 0 Å². The van der Waals surface area contributed by atoms with Crippen LogP contribution in [0.2, 0.25) is 5.15 Å². The fourth-order valence-corrected chi connectivity index (χ4v) is 1.31. The predicted octanol–water partition coefficient (Wildman–Crippen LogP) is 2.14. The molecule has 0 fully saturated rings. The molecule has 0 amide bonds. The number of anilines is 1. The number of nitrogens with zero attached hydrogens (tertiary/aromatic N) is 3. The quantitative estimate of drug-likeness (QED) is 0.806. The van der Waals surface area contributed by atoms with Gasteiger partial charge in [0.05, 0.1) is 12.2 Å². The molecular weight excluding hydrogens is 212 g/mol. The summed E-state index contributed by atoms with van der Waals surface area (Å²) in [6.07, 6.45) is 1.63. The topological polar surface area (TPSA) is 50.7 Å². The molecule has 0 aliphatic heterocycles. The van der Waals surface area contributed by atoms with E-state index in [2.05, 4.69) is 20.5 Å². The standard InChI is InChI=1S/C10H9ClN4/c11-9-4-1-3-8(14-9)7-12-10-5-2-6-13-15-10/h1-6H,7H2,(H,12,15). The van der Waals surface area contributed by atoms with Crippen molar-refractivity contribution in [3.05, 3.63) is 47.4 Å². The highest BCUT2D eigenvalue weighted by Gasteiger charge is 1.96. The average Bonchev–Trinajstić information content (AvgIpc) is 2.28. The molecule has 5 heteroatoms. The van der Waals surface area contributed by atoms with Crippen LogP contribution in [0.3, 0.4) is 0 Å². The van der Waals surface area contributed by atoms with Gasteiger partial charge in [0.2, 0.25) is 0 Å². The van der Waals surface area contributed by atoms with Gasteiger partial charge in [-0.3, -0.25) is 0 Å². The van der Waals surface area contributed by atoms with Gasteiger partial charge in [0.1, 0.15) is 11.0 Å². The Kier molecular flexibility index (Phi) is 3.09. The summed E-state index contributed by atoms with van der Waals surface area (Å²) in [4.78, 5) is 4.14. The first-order valence-electron chi connectivity index (χ1n) is 4.47. The van der Waals surface area contributed by atoms with E-state index in [1.54, 1.807) is 12.3 Å². The van der Waals surface area contributed by atoms with Gasteiger partial charge in [-0.15, -0.1) is 5.10 Å². The van der Waals surface area contributed by atoms with Crippen LogP contribution in [0.1, 0.15) is 5.69 Å². The van der Waals surface area contributed by atoms with Gasteiger partial charge in [0.25, 0.3) is 0 Å². The van der Waals surface area contributed by atoms with Crippen molar-refractivity contribution >= 4 is 17.4 Å². The van der Waals surface area contributed by atoms with Crippen molar-refractivity contribution in [1.29, 1.82) is 0 Å². The summed E-state index contributed by atoms with van der Waals surface area (Å²) in [7, 11) is 0. The minimum absolute atomic E-state index is 0.494. The number of aromatic nitrogens is 3. The first-order chi connectivity index (χ1) is 7.34. The van der Waals surface area contributed by atoms with Crippen LogP contribution in [0.25, 0.3) is 0 Å². The summed E-state index contributed by atoms with van der Waals surface area (Å²) >= 11 is 5.76. The molecule has 0 saturated carbocycles. The van der Waals surface area contributed by atoms with Crippen molar-refractivity contribution in [3.63, 3.8) is 0 Å². The van der Waals surface area contributed by atoms with Crippen LogP contribution < -0.4 is 5.32 Å². The third-order valence-electron chi connectivity index (χ3n) is 1.80. The monoisotopic (exact) mass is 220 g/mol. The second kappa shape index (κ2) is 4.70. The fraction of sp³-hybridized carbons (Fsp3) is 0.100. The summed E-state index contributed by atoms with van der Waals surface area (Å²) in [6, 6.07) is 9.17. The van der Waals surface area contributed by atoms with E-state index >= 15 is 0 Å². The molecule has 0 atom stereocenters. The van der Waals surface area contributed by atoms with E-state index in [0.717, 1.165) is 11.5 Å². The second-order valence-corrected chi connectivity index (χ2v) is 3.30. The average molecular weight is 221 g/mol. The van der Waals surface area contributed by atoms with Crippen molar-refractivity contribution in [2.75, 3.05) is 5.32 Å². The van der Waals surface area contributed by atoms with Crippen molar-refractivity contribution in [2.24, 2.45) is 0 Å². The summed E-state index contributed by atoms with van der Waals surface area (Å²) < 4.78 is 0. The largest absolute Gasteiger partial charge is 0.363 e. The Hall–Kier alpha value is -1.68. The lowest BCUT2D eigenvalue weighted by Crippen LogP contribution is -2.03.